The summed E-state index contributed by atoms with van der Waals surface area (Å²) in [5.74, 6) is 0.501. The van der Waals surface area contributed by atoms with Gasteiger partial charge in [0.15, 0.2) is 6.61 Å². The van der Waals surface area contributed by atoms with Crippen LogP contribution in [-0.2, 0) is 14.4 Å². The molecule has 1 saturated carbocycles. The minimum absolute atomic E-state index is 0.00166. The first-order chi connectivity index (χ1) is 14.6. The van der Waals surface area contributed by atoms with Crippen LogP contribution in [0, 0.1) is 5.92 Å². The third kappa shape index (κ3) is 4.77. The minimum Gasteiger partial charge on any atom is -0.482 e. The Labute approximate surface area is 177 Å². The number of rotatable bonds is 5. The Kier molecular flexibility index (Phi) is 6.55. The zero-order valence-corrected chi connectivity index (χ0v) is 17.5. The Morgan fingerprint density at radius 1 is 1.07 bits per heavy atom. The lowest BCUT2D eigenvalue weighted by Gasteiger charge is -2.34. The van der Waals surface area contributed by atoms with Crippen molar-refractivity contribution < 1.29 is 19.1 Å². The van der Waals surface area contributed by atoms with Crippen LogP contribution in [0.3, 0.4) is 0 Å². The molecule has 30 heavy (non-hydrogen) atoms. The number of amides is 3. The lowest BCUT2D eigenvalue weighted by atomic mass is 9.93. The summed E-state index contributed by atoms with van der Waals surface area (Å²) in [4.78, 5) is 41.3. The van der Waals surface area contributed by atoms with Crippen molar-refractivity contribution in [1.29, 1.82) is 0 Å². The maximum absolute atomic E-state index is 12.8. The number of nitrogens with zero attached hydrogens (tertiary/aromatic N) is 2. The van der Waals surface area contributed by atoms with Crippen molar-refractivity contribution >= 4 is 23.4 Å². The smallest absolute Gasteiger partial charge is 0.265 e. The third-order valence-corrected chi connectivity index (χ3v) is 6.45. The lowest BCUT2D eigenvalue weighted by molar-refractivity contribution is -0.135. The fourth-order valence-corrected chi connectivity index (χ4v) is 4.75. The van der Waals surface area contributed by atoms with E-state index in [4.69, 9.17) is 4.74 Å². The number of hydrogen-bond donors (Lipinski definition) is 1. The van der Waals surface area contributed by atoms with E-state index in [-0.39, 0.29) is 36.7 Å². The number of hydrogen-bond acceptors (Lipinski definition) is 4. The van der Waals surface area contributed by atoms with Gasteiger partial charge in [0.1, 0.15) is 5.75 Å². The first-order valence-corrected chi connectivity index (χ1v) is 11.2. The van der Waals surface area contributed by atoms with E-state index < -0.39 is 0 Å². The van der Waals surface area contributed by atoms with Crippen molar-refractivity contribution in [1.82, 2.24) is 10.2 Å². The number of piperidine rings is 1. The van der Waals surface area contributed by atoms with Crippen molar-refractivity contribution in [3.8, 4) is 5.75 Å². The second-order valence-electron chi connectivity index (χ2n) is 8.57. The molecule has 1 saturated heterocycles. The molecule has 1 atom stereocenters. The summed E-state index contributed by atoms with van der Waals surface area (Å²) in [6, 6.07) is 7.69. The van der Waals surface area contributed by atoms with Gasteiger partial charge in [0.25, 0.3) is 5.91 Å². The number of nitrogens with one attached hydrogen (secondary N) is 1. The van der Waals surface area contributed by atoms with E-state index in [0.717, 1.165) is 25.7 Å². The van der Waals surface area contributed by atoms with Gasteiger partial charge in [-0.1, -0.05) is 31.4 Å². The zero-order chi connectivity index (χ0) is 20.9. The molecule has 4 rings (SSSR count). The van der Waals surface area contributed by atoms with E-state index in [9.17, 15) is 14.4 Å². The number of ether oxygens (including phenoxy) is 1. The predicted octanol–water partition coefficient (Wildman–Crippen LogP) is 2.49. The van der Waals surface area contributed by atoms with Crippen LogP contribution in [0.5, 0.6) is 5.75 Å². The van der Waals surface area contributed by atoms with E-state index in [2.05, 4.69) is 5.32 Å². The molecule has 7 heteroatoms. The zero-order valence-electron chi connectivity index (χ0n) is 17.5. The summed E-state index contributed by atoms with van der Waals surface area (Å²) in [6.07, 6.45) is 7.68. The second-order valence-corrected chi connectivity index (χ2v) is 8.57. The van der Waals surface area contributed by atoms with Crippen LogP contribution in [0.2, 0.25) is 0 Å². The molecule has 0 spiro atoms. The Balaban J connectivity index is 1.30. The Morgan fingerprint density at radius 2 is 1.87 bits per heavy atom. The van der Waals surface area contributed by atoms with Crippen LogP contribution in [0.1, 0.15) is 51.4 Å². The molecule has 162 valence electrons. The molecule has 0 radical (unpaired) electrons. The number of anilines is 1. The molecule has 2 fully saturated rings. The van der Waals surface area contributed by atoms with Gasteiger partial charge < -0.3 is 19.9 Å². The number of benzene rings is 1. The van der Waals surface area contributed by atoms with E-state index in [0.29, 0.717) is 37.1 Å². The first-order valence-electron chi connectivity index (χ1n) is 11.2. The highest BCUT2D eigenvalue weighted by molar-refractivity contribution is 5.98. The summed E-state index contributed by atoms with van der Waals surface area (Å²) >= 11 is 0. The number of fused-ring (bicyclic) bond motifs is 1. The molecule has 0 aromatic heterocycles. The van der Waals surface area contributed by atoms with E-state index in [1.165, 1.54) is 19.3 Å². The normalized spacial score (nSPS) is 22.3. The quantitative estimate of drug-likeness (QED) is 0.804. The van der Waals surface area contributed by atoms with Gasteiger partial charge in [-0.25, -0.2) is 0 Å². The molecule has 2 heterocycles. The molecule has 7 nitrogen and oxygen atoms in total. The molecule has 3 amide bonds. The Bertz CT molecular complexity index is 790. The van der Waals surface area contributed by atoms with Crippen molar-refractivity contribution in [3.63, 3.8) is 0 Å². The monoisotopic (exact) mass is 413 g/mol. The second kappa shape index (κ2) is 9.49. The van der Waals surface area contributed by atoms with Gasteiger partial charge in [0.2, 0.25) is 11.8 Å². The average Bonchev–Trinajstić information content (AvgIpc) is 2.79. The average molecular weight is 414 g/mol. The summed E-state index contributed by atoms with van der Waals surface area (Å²) in [6.45, 7) is 1.48. The van der Waals surface area contributed by atoms with Gasteiger partial charge in [-0.3, -0.25) is 14.4 Å². The first kappa shape index (κ1) is 20.7. The highest BCUT2D eigenvalue weighted by atomic mass is 16.5. The maximum atomic E-state index is 12.8. The molecule has 1 aromatic rings. The molecule has 1 aromatic carbocycles. The molecule has 1 N–H and O–H groups in total. The van der Waals surface area contributed by atoms with Crippen molar-refractivity contribution in [3.05, 3.63) is 24.3 Å². The highest BCUT2D eigenvalue weighted by Gasteiger charge is 2.31. The fourth-order valence-electron chi connectivity index (χ4n) is 4.75. The van der Waals surface area contributed by atoms with Gasteiger partial charge in [-0.05, 0) is 37.8 Å². The number of carbonyl (C=O) groups is 3. The molecular formula is C23H31N3O4. The van der Waals surface area contributed by atoms with Crippen molar-refractivity contribution in [2.75, 3.05) is 31.1 Å². The highest BCUT2D eigenvalue weighted by Crippen LogP contribution is 2.31. The molecule has 1 unspecified atom stereocenters. The molecule has 0 bridgehead atoms. The predicted molar refractivity (Wildman–Crippen MR) is 113 cm³/mol. The molecule has 2 aliphatic heterocycles. The van der Waals surface area contributed by atoms with Crippen LogP contribution in [0.15, 0.2) is 24.3 Å². The fraction of sp³-hybridized carbons (Fsp3) is 0.609. The molecule has 3 aliphatic rings. The summed E-state index contributed by atoms with van der Waals surface area (Å²) in [5, 5.41) is 3.20. The standard InChI is InChI=1S/C23H31N3O4/c27-21(12-14-26-19-10-4-5-11-20(19)30-16-22(26)28)25-13-6-7-17(15-25)23(29)24-18-8-2-1-3-9-18/h4-5,10-11,17-18H,1-3,6-9,12-16H2,(H,24,29). The lowest BCUT2D eigenvalue weighted by Crippen LogP contribution is -2.48. The summed E-state index contributed by atoms with van der Waals surface area (Å²) in [7, 11) is 0. The van der Waals surface area contributed by atoms with E-state index in [1.54, 1.807) is 9.80 Å². The van der Waals surface area contributed by atoms with Crippen LogP contribution in [0.25, 0.3) is 0 Å². The van der Waals surface area contributed by atoms with Crippen LogP contribution in [0.4, 0.5) is 5.69 Å². The van der Waals surface area contributed by atoms with Crippen molar-refractivity contribution in [2.45, 2.75) is 57.4 Å². The number of para-hydroxylation sites is 2. The minimum atomic E-state index is -0.134. The number of carbonyl (C=O) groups excluding carboxylic acids is 3. The summed E-state index contributed by atoms with van der Waals surface area (Å²) < 4.78 is 5.46. The summed E-state index contributed by atoms with van der Waals surface area (Å²) in [5.41, 5.74) is 0.713. The number of likely N-dealkylation sites (tertiary alicyclic amines) is 1. The molecule has 1 aliphatic carbocycles. The topological polar surface area (TPSA) is 79.0 Å². The van der Waals surface area contributed by atoms with Crippen LogP contribution < -0.4 is 15.0 Å². The maximum Gasteiger partial charge on any atom is 0.265 e. The van der Waals surface area contributed by atoms with Crippen LogP contribution >= 0.6 is 0 Å². The van der Waals surface area contributed by atoms with Gasteiger partial charge in [-0.15, -0.1) is 0 Å². The SMILES string of the molecule is O=C(NC1CCCCC1)C1CCCN(C(=O)CCN2C(=O)COc3ccccc32)C1. The van der Waals surface area contributed by atoms with Crippen molar-refractivity contribution in [2.24, 2.45) is 5.92 Å². The van der Waals surface area contributed by atoms with Crippen LogP contribution in [-0.4, -0.2) is 54.9 Å². The van der Waals surface area contributed by atoms with E-state index >= 15 is 0 Å². The Hall–Kier alpha value is -2.57. The van der Waals surface area contributed by atoms with Gasteiger partial charge in [-0.2, -0.15) is 0 Å². The van der Waals surface area contributed by atoms with Gasteiger partial charge in [0, 0.05) is 32.1 Å². The third-order valence-electron chi connectivity index (χ3n) is 6.45. The largest absolute Gasteiger partial charge is 0.482 e. The van der Waals surface area contributed by atoms with Gasteiger partial charge in [0.05, 0.1) is 11.6 Å². The molecular weight excluding hydrogens is 382 g/mol. The van der Waals surface area contributed by atoms with E-state index in [1.807, 2.05) is 24.3 Å². The Morgan fingerprint density at radius 3 is 2.70 bits per heavy atom. The van der Waals surface area contributed by atoms with Gasteiger partial charge >= 0.3 is 0 Å².